The topological polar surface area (TPSA) is 72.3 Å². The number of aromatic carboxylic acids is 1. The van der Waals surface area contributed by atoms with E-state index in [1.165, 1.54) is 0 Å². The van der Waals surface area contributed by atoms with E-state index in [1.54, 1.807) is 0 Å². The summed E-state index contributed by atoms with van der Waals surface area (Å²) < 4.78 is 5.52. The molecule has 0 aliphatic carbocycles. The molecule has 0 saturated carbocycles. The lowest BCUT2D eigenvalue weighted by molar-refractivity contribution is 0.0681. The van der Waals surface area contributed by atoms with Gasteiger partial charge in [0, 0.05) is 17.0 Å². The first kappa shape index (κ1) is 19.2. The fourth-order valence-electron chi connectivity index (χ4n) is 2.16. The van der Waals surface area contributed by atoms with Gasteiger partial charge < -0.3 is 9.84 Å². The maximum Gasteiger partial charge on any atom is 0.374 e. The molecule has 0 atom stereocenters. The number of hydrogen-bond acceptors (Lipinski definition) is 4. The third-order valence-electron chi connectivity index (χ3n) is 3.19. The summed E-state index contributed by atoms with van der Waals surface area (Å²) in [5.74, 6) is -1.10. The van der Waals surface area contributed by atoms with Crippen molar-refractivity contribution >= 4 is 30.0 Å². The van der Waals surface area contributed by atoms with Crippen molar-refractivity contribution in [1.29, 1.82) is 0 Å². The molecule has 0 aliphatic rings. The van der Waals surface area contributed by atoms with Gasteiger partial charge in [0.2, 0.25) is 11.7 Å². The highest BCUT2D eigenvalue weighted by atomic mass is 35.5. The number of carboxylic acid groups (broad SMARTS) is 1. The van der Waals surface area contributed by atoms with Gasteiger partial charge in [0.1, 0.15) is 0 Å². The van der Waals surface area contributed by atoms with Gasteiger partial charge in [-0.25, -0.2) is 9.78 Å². The molecule has 1 aromatic carbocycles. The Labute approximate surface area is 146 Å². The number of carbonyl (C=O) groups is 1. The lowest BCUT2D eigenvalue weighted by Gasteiger charge is -2.14. The highest BCUT2D eigenvalue weighted by Crippen LogP contribution is 2.26. The predicted molar refractivity (Wildman–Crippen MR) is 91.0 cm³/mol. The molecule has 0 spiro atoms. The number of benzene rings is 1. The average molecular weight is 357 g/mol. The Hall–Kier alpha value is -1.85. The Balaban J connectivity index is 0.00000264. The Kier molecular flexibility index (Phi) is 7.26. The molecule has 2 aromatic rings. The molecular formula is C16H18Cl2N2O3. The molecule has 0 bridgehead atoms. The van der Waals surface area contributed by atoms with Crippen LogP contribution >= 0.6 is 24.0 Å². The van der Waals surface area contributed by atoms with Crippen molar-refractivity contribution in [2.75, 3.05) is 6.61 Å². The smallest absolute Gasteiger partial charge is 0.374 e. The maximum atomic E-state index is 11.1. The van der Waals surface area contributed by atoms with Crippen molar-refractivity contribution in [3.63, 3.8) is 0 Å². The van der Waals surface area contributed by atoms with Crippen LogP contribution in [0.1, 0.15) is 41.3 Å². The van der Waals surface area contributed by atoms with Gasteiger partial charge >= 0.3 is 5.97 Å². The molecule has 23 heavy (non-hydrogen) atoms. The van der Waals surface area contributed by atoms with Crippen LogP contribution in [0.5, 0.6) is 5.88 Å². The van der Waals surface area contributed by atoms with Crippen LogP contribution in [0.15, 0.2) is 24.3 Å². The quantitative estimate of drug-likeness (QED) is 0.851. The monoisotopic (exact) mass is 356 g/mol. The summed E-state index contributed by atoms with van der Waals surface area (Å²) in [4.78, 5) is 19.3. The van der Waals surface area contributed by atoms with Crippen LogP contribution < -0.4 is 4.74 Å². The van der Waals surface area contributed by atoms with Crippen molar-refractivity contribution in [3.8, 4) is 5.88 Å². The largest absolute Gasteiger partial charge is 0.478 e. The lowest BCUT2D eigenvalue weighted by atomic mass is 10.0. The summed E-state index contributed by atoms with van der Waals surface area (Å²) in [6.07, 6.45) is 1.08. The standard InChI is InChI=1S/C16H17ClN2O3.ClH/c1-3-13-11(9-10-7-5-6-8-12(10)17)15(22-4-2)19-14(18-13)16(20)21;/h5-8H,3-4,9H2,1-2H3,(H,20,21);1H. The zero-order valence-electron chi connectivity index (χ0n) is 12.9. The molecule has 124 valence electrons. The van der Waals surface area contributed by atoms with Gasteiger partial charge in [-0.1, -0.05) is 36.7 Å². The summed E-state index contributed by atoms with van der Waals surface area (Å²) in [5.41, 5.74) is 2.37. The molecule has 2 rings (SSSR count). The summed E-state index contributed by atoms with van der Waals surface area (Å²) in [7, 11) is 0. The number of halogens is 2. The molecule has 1 heterocycles. The summed E-state index contributed by atoms with van der Waals surface area (Å²) in [6, 6.07) is 7.50. The first-order chi connectivity index (χ1) is 10.6. The van der Waals surface area contributed by atoms with E-state index in [0.29, 0.717) is 36.0 Å². The molecule has 0 amide bonds. The maximum absolute atomic E-state index is 11.1. The van der Waals surface area contributed by atoms with Crippen LogP contribution in [0.4, 0.5) is 0 Å². The molecule has 0 radical (unpaired) electrons. The summed E-state index contributed by atoms with van der Waals surface area (Å²) in [6.45, 7) is 4.14. The van der Waals surface area contributed by atoms with E-state index < -0.39 is 5.97 Å². The van der Waals surface area contributed by atoms with Crippen molar-refractivity contribution in [1.82, 2.24) is 9.97 Å². The normalized spacial score (nSPS) is 10.0. The van der Waals surface area contributed by atoms with Crippen LogP contribution in [-0.4, -0.2) is 27.7 Å². The van der Waals surface area contributed by atoms with E-state index in [4.69, 9.17) is 21.4 Å². The number of carboxylic acids is 1. The van der Waals surface area contributed by atoms with E-state index in [-0.39, 0.29) is 18.2 Å². The fraction of sp³-hybridized carbons (Fsp3) is 0.312. The van der Waals surface area contributed by atoms with Gasteiger partial charge in [0.15, 0.2) is 0 Å². The van der Waals surface area contributed by atoms with Crippen LogP contribution in [0.3, 0.4) is 0 Å². The van der Waals surface area contributed by atoms with Gasteiger partial charge in [0.25, 0.3) is 0 Å². The van der Waals surface area contributed by atoms with E-state index >= 15 is 0 Å². The molecule has 0 unspecified atom stereocenters. The van der Waals surface area contributed by atoms with Gasteiger partial charge in [-0.05, 0) is 25.0 Å². The van der Waals surface area contributed by atoms with Crippen molar-refractivity contribution < 1.29 is 14.6 Å². The molecule has 5 nitrogen and oxygen atoms in total. The molecular weight excluding hydrogens is 339 g/mol. The van der Waals surface area contributed by atoms with E-state index in [1.807, 2.05) is 38.1 Å². The minimum absolute atomic E-state index is 0. The number of nitrogens with zero attached hydrogens (tertiary/aromatic N) is 2. The highest BCUT2D eigenvalue weighted by molar-refractivity contribution is 6.31. The van der Waals surface area contributed by atoms with Gasteiger partial charge in [-0.3, -0.25) is 0 Å². The predicted octanol–water partition coefficient (Wildman–Crippen LogP) is 3.80. The second kappa shape index (κ2) is 8.70. The molecule has 0 saturated heterocycles. The zero-order chi connectivity index (χ0) is 16.1. The van der Waals surface area contributed by atoms with Crippen LogP contribution in [0.2, 0.25) is 5.02 Å². The third kappa shape index (κ3) is 4.56. The highest BCUT2D eigenvalue weighted by Gasteiger charge is 2.19. The second-order valence-corrected chi connectivity index (χ2v) is 5.04. The summed E-state index contributed by atoms with van der Waals surface area (Å²) in [5, 5.41) is 9.77. The SMILES string of the molecule is CCOc1nc(C(=O)O)nc(CC)c1Cc1ccccc1Cl.Cl. The lowest BCUT2D eigenvalue weighted by Crippen LogP contribution is -2.13. The fourth-order valence-corrected chi connectivity index (χ4v) is 2.36. The van der Waals surface area contributed by atoms with E-state index in [0.717, 1.165) is 11.1 Å². The van der Waals surface area contributed by atoms with Gasteiger partial charge in [-0.15, -0.1) is 12.4 Å². The number of ether oxygens (including phenoxy) is 1. The van der Waals surface area contributed by atoms with E-state index in [2.05, 4.69) is 9.97 Å². The number of rotatable bonds is 6. The Morgan fingerprint density at radius 2 is 1.96 bits per heavy atom. The number of aryl methyl sites for hydroxylation is 1. The van der Waals surface area contributed by atoms with Crippen molar-refractivity contribution in [2.24, 2.45) is 0 Å². The van der Waals surface area contributed by atoms with Crippen LogP contribution in [0.25, 0.3) is 0 Å². The Morgan fingerprint density at radius 3 is 2.52 bits per heavy atom. The first-order valence-electron chi connectivity index (χ1n) is 7.06. The van der Waals surface area contributed by atoms with Crippen LogP contribution in [0, 0.1) is 0 Å². The average Bonchev–Trinajstić information content (AvgIpc) is 2.50. The Bertz CT molecular complexity index is 693. The van der Waals surface area contributed by atoms with Crippen LogP contribution in [-0.2, 0) is 12.8 Å². The zero-order valence-corrected chi connectivity index (χ0v) is 14.4. The third-order valence-corrected chi connectivity index (χ3v) is 3.56. The van der Waals surface area contributed by atoms with Crippen molar-refractivity contribution in [3.05, 3.63) is 51.9 Å². The van der Waals surface area contributed by atoms with Gasteiger partial charge in [-0.2, -0.15) is 4.98 Å². The molecule has 1 aromatic heterocycles. The Morgan fingerprint density at radius 1 is 1.26 bits per heavy atom. The van der Waals surface area contributed by atoms with E-state index in [9.17, 15) is 4.79 Å². The number of hydrogen-bond donors (Lipinski definition) is 1. The molecule has 0 fully saturated rings. The number of aromatic nitrogens is 2. The second-order valence-electron chi connectivity index (χ2n) is 4.64. The molecule has 7 heteroatoms. The molecule has 0 aliphatic heterocycles. The first-order valence-corrected chi connectivity index (χ1v) is 7.43. The van der Waals surface area contributed by atoms with Gasteiger partial charge in [0.05, 0.1) is 12.3 Å². The minimum atomic E-state index is -1.17. The molecule has 1 N–H and O–H groups in total. The van der Waals surface area contributed by atoms with Crippen molar-refractivity contribution in [2.45, 2.75) is 26.7 Å². The minimum Gasteiger partial charge on any atom is -0.478 e. The summed E-state index contributed by atoms with van der Waals surface area (Å²) >= 11 is 6.21.